The lowest BCUT2D eigenvalue weighted by atomic mass is 9.90. The van der Waals surface area contributed by atoms with Gasteiger partial charge in [0.25, 0.3) is 10.2 Å². The number of morpholine rings is 1. The Morgan fingerprint density at radius 2 is 1.71 bits per heavy atom. The number of carbonyl (C=O) groups excluding carboxylic acids is 1. The lowest BCUT2D eigenvalue weighted by molar-refractivity contribution is -0.126. The van der Waals surface area contributed by atoms with E-state index in [4.69, 9.17) is 4.74 Å². The minimum atomic E-state index is -3.52. The lowest BCUT2D eigenvalue weighted by Crippen LogP contribution is -2.53. The number of piperidine rings is 2. The summed E-state index contributed by atoms with van der Waals surface area (Å²) in [6.45, 7) is 6.31. The van der Waals surface area contributed by atoms with Crippen molar-refractivity contribution in [3.8, 4) is 0 Å². The van der Waals surface area contributed by atoms with Crippen molar-refractivity contribution in [2.45, 2.75) is 38.5 Å². The third kappa shape index (κ3) is 7.01. The molecule has 190 valence electrons. The van der Waals surface area contributed by atoms with Gasteiger partial charge in [-0.05, 0) is 69.6 Å². The van der Waals surface area contributed by atoms with Gasteiger partial charge in [0.2, 0.25) is 5.91 Å². The molecule has 3 aliphatic rings. The number of hydrogen-bond donors (Lipinski definition) is 1. The molecule has 3 fully saturated rings. The molecule has 1 aromatic rings. The fraction of sp³-hybridized carbons (Fsp3) is 0.720. The normalized spacial score (nSPS) is 24.2. The second-order valence-corrected chi connectivity index (χ2v) is 11.8. The standard InChI is InChI=1S/C25H40N4O4S/c30-25(24-8-4-13-29(21-24)34(31,32)28-16-18-33-19-17-28)26-11-5-12-27-14-9-23(10-15-27)20-22-6-2-1-3-7-22/h1-3,6-7,23-24H,4-5,8-21H2,(H,26,30)/t24-/m1/s1. The van der Waals surface area contributed by atoms with E-state index in [1.807, 2.05) is 0 Å². The Kier molecular flexibility index (Phi) is 9.36. The predicted octanol–water partition coefficient (Wildman–Crippen LogP) is 1.74. The van der Waals surface area contributed by atoms with Crippen LogP contribution in [0.1, 0.15) is 37.7 Å². The molecule has 0 unspecified atom stereocenters. The number of ether oxygens (including phenoxy) is 1. The van der Waals surface area contributed by atoms with E-state index >= 15 is 0 Å². The molecule has 0 bridgehead atoms. The SMILES string of the molecule is O=C(NCCCN1CCC(Cc2ccccc2)CC1)[C@@H]1CCCN(S(=O)(=O)N2CCOCC2)C1. The Balaban J connectivity index is 1.13. The van der Waals surface area contributed by atoms with Gasteiger partial charge >= 0.3 is 0 Å². The number of amides is 1. The van der Waals surface area contributed by atoms with E-state index < -0.39 is 10.2 Å². The first-order valence-corrected chi connectivity index (χ1v) is 14.3. The van der Waals surface area contributed by atoms with Crippen molar-refractivity contribution in [3.05, 3.63) is 35.9 Å². The summed E-state index contributed by atoms with van der Waals surface area (Å²) in [6.07, 6.45) is 6.03. The summed E-state index contributed by atoms with van der Waals surface area (Å²) in [5.41, 5.74) is 1.43. The number of carbonyl (C=O) groups is 1. The molecule has 1 aromatic carbocycles. The van der Waals surface area contributed by atoms with Crippen LogP contribution in [0.3, 0.4) is 0 Å². The van der Waals surface area contributed by atoms with Crippen LogP contribution in [-0.4, -0.2) is 93.4 Å². The van der Waals surface area contributed by atoms with E-state index in [-0.39, 0.29) is 18.4 Å². The first kappa shape index (κ1) is 25.6. The Hall–Kier alpha value is -1.52. The summed E-state index contributed by atoms with van der Waals surface area (Å²) in [6, 6.07) is 10.7. The number of likely N-dealkylation sites (tertiary alicyclic amines) is 1. The highest BCUT2D eigenvalue weighted by Gasteiger charge is 2.36. The Bertz CT molecular complexity index is 868. The van der Waals surface area contributed by atoms with Gasteiger partial charge in [-0.25, -0.2) is 0 Å². The van der Waals surface area contributed by atoms with Crippen molar-refractivity contribution in [3.63, 3.8) is 0 Å². The molecule has 34 heavy (non-hydrogen) atoms. The topological polar surface area (TPSA) is 82.2 Å². The summed E-state index contributed by atoms with van der Waals surface area (Å²) < 4.78 is 34.1. The third-order valence-electron chi connectivity index (χ3n) is 7.40. The average Bonchev–Trinajstić information content (AvgIpc) is 2.88. The van der Waals surface area contributed by atoms with E-state index in [1.54, 1.807) is 0 Å². The summed E-state index contributed by atoms with van der Waals surface area (Å²) >= 11 is 0. The van der Waals surface area contributed by atoms with E-state index in [2.05, 4.69) is 40.5 Å². The third-order valence-corrected chi connectivity index (χ3v) is 9.40. The van der Waals surface area contributed by atoms with Crippen LogP contribution in [-0.2, 0) is 26.2 Å². The van der Waals surface area contributed by atoms with Gasteiger partial charge in [-0.3, -0.25) is 4.79 Å². The maximum Gasteiger partial charge on any atom is 0.282 e. The van der Waals surface area contributed by atoms with Gasteiger partial charge in [-0.2, -0.15) is 17.0 Å². The Morgan fingerprint density at radius 1 is 0.971 bits per heavy atom. The highest BCUT2D eigenvalue weighted by molar-refractivity contribution is 7.86. The zero-order valence-electron chi connectivity index (χ0n) is 20.2. The van der Waals surface area contributed by atoms with Crippen LogP contribution in [0.4, 0.5) is 0 Å². The molecular weight excluding hydrogens is 452 g/mol. The van der Waals surface area contributed by atoms with Crippen LogP contribution >= 0.6 is 0 Å². The Labute approximate surface area is 204 Å². The molecule has 1 atom stereocenters. The van der Waals surface area contributed by atoms with Crippen molar-refractivity contribution < 1.29 is 17.9 Å². The summed E-state index contributed by atoms with van der Waals surface area (Å²) in [7, 11) is -3.52. The largest absolute Gasteiger partial charge is 0.379 e. The maximum absolute atomic E-state index is 12.9. The second kappa shape index (κ2) is 12.4. The van der Waals surface area contributed by atoms with Crippen molar-refractivity contribution in [1.29, 1.82) is 0 Å². The molecule has 3 aliphatic heterocycles. The smallest absolute Gasteiger partial charge is 0.282 e. The van der Waals surface area contributed by atoms with Gasteiger partial charge in [-0.1, -0.05) is 30.3 Å². The number of benzene rings is 1. The molecule has 0 saturated carbocycles. The molecule has 0 spiro atoms. The fourth-order valence-corrected chi connectivity index (χ4v) is 6.99. The molecule has 1 amide bonds. The first-order valence-electron chi connectivity index (χ1n) is 12.9. The van der Waals surface area contributed by atoms with Crippen LogP contribution in [0, 0.1) is 11.8 Å². The van der Waals surface area contributed by atoms with Crippen molar-refractivity contribution in [2.75, 3.05) is 65.6 Å². The Morgan fingerprint density at radius 3 is 2.44 bits per heavy atom. The highest BCUT2D eigenvalue weighted by Crippen LogP contribution is 2.23. The van der Waals surface area contributed by atoms with Crippen LogP contribution in [0.5, 0.6) is 0 Å². The molecule has 9 heteroatoms. The van der Waals surface area contributed by atoms with Crippen LogP contribution in [0.25, 0.3) is 0 Å². The molecule has 3 heterocycles. The number of nitrogens with one attached hydrogen (secondary N) is 1. The van der Waals surface area contributed by atoms with E-state index in [0.717, 1.165) is 44.8 Å². The van der Waals surface area contributed by atoms with Crippen molar-refractivity contribution >= 4 is 16.1 Å². The van der Waals surface area contributed by atoms with Gasteiger partial charge in [0.15, 0.2) is 0 Å². The molecule has 0 aliphatic carbocycles. The van der Waals surface area contributed by atoms with Crippen LogP contribution in [0.2, 0.25) is 0 Å². The average molecular weight is 493 g/mol. The molecule has 0 radical (unpaired) electrons. The number of hydrogen-bond acceptors (Lipinski definition) is 5. The molecule has 1 N–H and O–H groups in total. The summed E-state index contributed by atoms with van der Waals surface area (Å²) in [5.74, 6) is 0.489. The zero-order chi connectivity index (χ0) is 23.8. The molecule has 4 rings (SSSR count). The predicted molar refractivity (Wildman–Crippen MR) is 133 cm³/mol. The zero-order valence-corrected chi connectivity index (χ0v) is 21.1. The van der Waals surface area contributed by atoms with Gasteiger partial charge in [0, 0.05) is 32.7 Å². The van der Waals surface area contributed by atoms with E-state index in [9.17, 15) is 13.2 Å². The molecular formula is C25H40N4O4S. The molecule has 0 aromatic heterocycles. The molecule has 3 saturated heterocycles. The van der Waals surface area contributed by atoms with E-state index in [0.29, 0.717) is 39.4 Å². The van der Waals surface area contributed by atoms with Crippen LogP contribution in [0.15, 0.2) is 30.3 Å². The lowest BCUT2D eigenvalue weighted by Gasteiger charge is -2.36. The van der Waals surface area contributed by atoms with Crippen LogP contribution < -0.4 is 5.32 Å². The number of rotatable bonds is 9. The highest BCUT2D eigenvalue weighted by atomic mass is 32.2. The second-order valence-electron chi connectivity index (χ2n) is 9.84. The van der Waals surface area contributed by atoms with Crippen molar-refractivity contribution in [1.82, 2.24) is 18.8 Å². The first-order chi connectivity index (χ1) is 16.5. The quantitative estimate of drug-likeness (QED) is 0.531. The summed E-state index contributed by atoms with van der Waals surface area (Å²) in [4.78, 5) is 15.2. The maximum atomic E-state index is 12.9. The fourth-order valence-electron chi connectivity index (χ4n) is 5.33. The van der Waals surface area contributed by atoms with Crippen molar-refractivity contribution in [2.24, 2.45) is 11.8 Å². The molecule has 8 nitrogen and oxygen atoms in total. The number of nitrogens with zero attached hydrogens (tertiary/aromatic N) is 3. The minimum Gasteiger partial charge on any atom is -0.379 e. The monoisotopic (exact) mass is 492 g/mol. The van der Waals surface area contributed by atoms with Gasteiger partial charge in [0.05, 0.1) is 19.1 Å². The summed E-state index contributed by atoms with van der Waals surface area (Å²) in [5, 5.41) is 3.06. The van der Waals surface area contributed by atoms with Gasteiger partial charge < -0.3 is 15.0 Å². The van der Waals surface area contributed by atoms with Gasteiger partial charge in [0.1, 0.15) is 0 Å². The van der Waals surface area contributed by atoms with Gasteiger partial charge in [-0.15, -0.1) is 0 Å². The van der Waals surface area contributed by atoms with E-state index in [1.165, 1.54) is 33.4 Å². The minimum absolute atomic E-state index is 0.0107.